The summed E-state index contributed by atoms with van der Waals surface area (Å²) >= 11 is 10.5. The number of benzene rings is 1. The number of ether oxygens (including phenoxy) is 1. The van der Waals surface area contributed by atoms with Crippen molar-refractivity contribution in [2.24, 2.45) is 0 Å². The monoisotopic (exact) mass is 389 g/mol. The normalized spacial score (nSPS) is 10.6. The summed E-state index contributed by atoms with van der Waals surface area (Å²) < 4.78 is 6.93. The maximum absolute atomic E-state index is 12.1. The summed E-state index contributed by atoms with van der Waals surface area (Å²) in [6.07, 6.45) is 1.09. The molecule has 1 N–H and O–H groups in total. The van der Waals surface area contributed by atoms with Gasteiger partial charge in [0.05, 0.1) is 18.6 Å². The quantitative estimate of drug-likeness (QED) is 0.673. The molecule has 1 aromatic heterocycles. The van der Waals surface area contributed by atoms with Crippen molar-refractivity contribution < 1.29 is 9.53 Å². The molecular weight excluding hydrogens is 374 g/mol. The molecule has 0 saturated heterocycles. The molecule has 0 atom stereocenters. The van der Waals surface area contributed by atoms with Crippen molar-refractivity contribution in [3.05, 3.63) is 23.2 Å². The predicted molar refractivity (Wildman–Crippen MR) is 98.3 cm³/mol. The van der Waals surface area contributed by atoms with Gasteiger partial charge in [0.15, 0.2) is 8.68 Å². The van der Waals surface area contributed by atoms with Crippen molar-refractivity contribution in [1.82, 2.24) is 10.2 Å². The number of hydrogen-bond donors (Lipinski definition) is 1. The van der Waals surface area contributed by atoms with E-state index in [1.54, 1.807) is 37.1 Å². The summed E-state index contributed by atoms with van der Waals surface area (Å²) in [5.74, 6) is 1.70. The molecule has 0 bridgehead atoms. The summed E-state index contributed by atoms with van der Waals surface area (Å²) in [5.41, 5.74) is 0.557. The number of aromatic nitrogens is 2. The lowest BCUT2D eigenvalue weighted by Crippen LogP contribution is -2.14. The van der Waals surface area contributed by atoms with Crippen molar-refractivity contribution in [3.63, 3.8) is 0 Å². The molecule has 5 nitrogen and oxygen atoms in total. The number of hydrogen-bond acceptors (Lipinski definition) is 7. The Bertz CT molecular complexity index is 666. The van der Waals surface area contributed by atoms with E-state index in [1.165, 1.54) is 23.1 Å². The van der Waals surface area contributed by atoms with Crippen LogP contribution in [-0.4, -0.2) is 34.7 Å². The number of nitrogens with zero attached hydrogens (tertiary/aromatic N) is 2. The van der Waals surface area contributed by atoms with E-state index in [0.717, 1.165) is 20.9 Å². The van der Waals surface area contributed by atoms with Crippen LogP contribution in [-0.2, 0) is 4.79 Å². The van der Waals surface area contributed by atoms with E-state index >= 15 is 0 Å². The molecule has 0 spiro atoms. The largest absolute Gasteiger partial charge is 0.495 e. The number of nitrogens with one attached hydrogen (secondary N) is 1. The average molecular weight is 390 g/mol. The Morgan fingerprint density at radius 1 is 1.35 bits per heavy atom. The van der Waals surface area contributed by atoms with Gasteiger partial charge < -0.3 is 10.1 Å². The summed E-state index contributed by atoms with van der Waals surface area (Å²) in [6.45, 7) is 2.12. The third-order valence-corrected chi connectivity index (χ3v) is 6.21. The van der Waals surface area contributed by atoms with Crippen molar-refractivity contribution in [2.75, 3.05) is 23.9 Å². The van der Waals surface area contributed by atoms with Gasteiger partial charge in [-0.15, -0.1) is 10.2 Å². The molecule has 2 aromatic rings. The zero-order valence-corrected chi connectivity index (χ0v) is 15.9. The molecule has 2 rings (SSSR count). The second-order valence-corrected chi connectivity index (χ2v) is 8.34. The van der Waals surface area contributed by atoms with E-state index in [-0.39, 0.29) is 11.7 Å². The Kier molecular flexibility index (Phi) is 7.48. The van der Waals surface area contributed by atoms with Crippen LogP contribution < -0.4 is 10.1 Å². The number of amides is 1. The van der Waals surface area contributed by atoms with Crippen LogP contribution in [0.4, 0.5) is 5.69 Å². The van der Waals surface area contributed by atoms with Crippen molar-refractivity contribution in [2.45, 2.75) is 22.0 Å². The van der Waals surface area contributed by atoms with Crippen LogP contribution in [0.15, 0.2) is 26.9 Å². The summed E-state index contributed by atoms with van der Waals surface area (Å²) in [7, 11) is 1.55. The molecule has 23 heavy (non-hydrogen) atoms. The molecule has 9 heteroatoms. The molecule has 0 saturated carbocycles. The first-order valence-electron chi connectivity index (χ1n) is 6.85. The minimum absolute atomic E-state index is 0.145. The lowest BCUT2D eigenvalue weighted by molar-refractivity contribution is -0.113. The highest BCUT2D eigenvalue weighted by Crippen LogP contribution is 2.30. The van der Waals surface area contributed by atoms with Gasteiger partial charge in [-0.2, -0.15) is 0 Å². The maximum atomic E-state index is 12.1. The fourth-order valence-electron chi connectivity index (χ4n) is 1.59. The molecule has 0 fully saturated rings. The number of thioether (sulfide) groups is 2. The van der Waals surface area contributed by atoms with Crippen molar-refractivity contribution in [1.29, 1.82) is 0 Å². The minimum Gasteiger partial charge on any atom is -0.495 e. The molecular formula is C14H16ClN3O2S3. The molecule has 1 aromatic carbocycles. The van der Waals surface area contributed by atoms with Gasteiger partial charge in [-0.3, -0.25) is 4.79 Å². The molecule has 0 unspecified atom stereocenters. The molecule has 0 aliphatic rings. The average Bonchev–Trinajstić information content (AvgIpc) is 2.99. The Morgan fingerprint density at radius 3 is 2.78 bits per heavy atom. The lowest BCUT2D eigenvalue weighted by Gasteiger charge is -2.09. The number of carbonyl (C=O) groups excluding carboxylic acids is 1. The smallest absolute Gasteiger partial charge is 0.234 e. The van der Waals surface area contributed by atoms with Crippen LogP contribution in [0.5, 0.6) is 5.75 Å². The van der Waals surface area contributed by atoms with Gasteiger partial charge in [0.1, 0.15) is 5.75 Å². The highest BCUT2D eigenvalue weighted by atomic mass is 35.5. The van der Waals surface area contributed by atoms with Gasteiger partial charge in [-0.05, 0) is 24.6 Å². The maximum Gasteiger partial charge on any atom is 0.234 e. The molecule has 1 heterocycles. The van der Waals surface area contributed by atoms with Crippen LogP contribution in [0.3, 0.4) is 0 Å². The second-order valence-electron chi connectivity index (χ2n) is 4.36. The van der Waals surface area contributed by atoms with E-state index in [1.807, 2.05) is 0 Å². The van der Waals surface area contributed by atoms with Crippen LogP contribution in [0.2, 0.25) is 5.02 Å². The fourth-order valence-corrected chi connectivity index (χ4v) is 4.51. The zero-order chi connectivity index (χ0) is 16.7. The Morgan fingerprint density at radius 2 is 2.09 bits per heavy atom. The zero-order valence-electron chi connectivity index (χ0n) is 12.7. The molecule has 1 amide bonds. The number of anilines is 1. The Labute approximate surface area is 152 Å². The first-order valence-corrected chi connectivity index (χ1v) is 10.0. The topological polar surface area (TPSA) is 64.1 Å². The van der Waals surface area contributed by atoms with Gasteiger partial charge in [0.2, 0.25) is 5.91 Å². The van der Waals surface area contributed by atoms with E-state index < -0.39 is 0 Å². The minimum atomic E-state index is -0.145. The number of rotatable bonds is 8. The Balaban J connectivity index is 1.88. The first-order chi connectivity index (χ1) is 11.1. The van der Waals surface area contributed by atoms with Gasteiger partial charge in [0.25, 0.3) is 0 Å². The second kappa shape index (κ2) is 9.36. The van der Waals surface area contributed by atoms with E-state index in [9.17, 15) is 4.79 Å². The van der Waals surface area contributed by atoms with E-state index in [4.69, 9.17) is 16.3 Å². The third-order valence-electron chi connectivity index (χ3n) is 2.58. The third kappa shape index (κ3) is 5.87. The van der Waals surface area contributed by atoms with Gasteiger partial charge >= 0.3 is 0 Å². The van der Waals surface area contributed by atoms with Gasteiger partial charge in [-0.25, -0.2) is 0 Å². The van der Waals surface area contributed by atoms with Crippen molar-refractivity contribution >= 4 is 58.1 Å². The summed E-state index contributed by atoms with van der Waals surface area (Å²) in [6, 6.07) is 5.09. The summed E-state index contributed by atoms with van der Waals surface area (Å²) in [5, 5.41) is 11.5. The molecule has 0 aliphatic heterocycles. The SMILES string of the molecule is CCCSc1nnc(SCC(=O)Nc2cc(Cl)ccc2OC)s1. The van der Waals surface area contributed by atoms with Crippen LogP contribution in [0, 0.1) is 0 Å². The number of carbonyl (C=O) groups is 1. The highest BCUT2D eigenvalue weighted by molar-refractivity contribution is 8.03. The van der Waals surface area contributed by atoms with E-state index in [0.29, 0.717) is 16.5 Å². The van der Waals surface area contributed by atoms with Crippen molar-refractivity contribution in [3.8, 4) is 5.75 Å². The highest BCUT2D eigenvalue weighted by Gasteiger charge is 2.11. The van der Waals surface area contributed by atoms with Crippen LogP contribution >= 0.6 is 46.5 Å². The van der Waals surface area contributed by atoms with Crippen LogP contribution in [0.1, 0.15) is 13.3 Å². The number of methoxy groups -OCH3 is 1. The van der Waals surface area contributed by atoms with Gasteiger partial charge in [-0.1, -0.05) is 53.4 Å². The lowest BCUT2D eigenvalue weighted by atomic mass is 10.3. The molecule has 0 radical (unpaired) electrons. The fraction of sp³-hybridized carbons (Fsp3) is 0.357. The summed E-state index contributed by atoms with van der Waals surface area (Å²) in [4.78, 5) is 12.1. The Hall–Kier alpha value is -0.960. The van der Waals surface area contributed by atoms with Crippen LogP contribution in [0.25, 0.3) is 0 Å². The predicted octanol–water partition coefficient (Wildman–Crippen LogP) is 4.43. The number of halogens is 1. The van der Waals surface area contributed by atoms with E-state index in [2.05, 4.69) is 22.4 Å². The van der Waals surface area contributed by atoms with Gasteiger partial charge in [0, 0.05) is 10.8 Å². The molecule has 124 valence electrons. The first kappa shape index (κ1) is 18.4. The molecule has 0 aliphatic carbocycles. The standard InChI is InChI=1S/C14H16ClN3O2S3/c1-3-6-21-13-17-18-14(23-13)22-8-12(19)16-10-7-9(15)4-5-11(10)20-2/h4-5,7H,3,6,8H2,1-2H3,(H,16,19).